The minimum atomic E-state index is -4.94. The van der Waals surface area contributed by atoms with Gasteiger partial charge in [0.25, 0.3) is 0 Å². The van der Waals surface area contributed by atoms with Crippen molar-refractivity contribution in [2.45, 2.75) is 30.1 Å². The van der Waals surface area contributed by atoms with Gasteiger partial charge >= 0.3 is 29.1 Å². The normalized spacial score (nSPS) is 13.6. The van der Waals surface area contributed by atoms with Gasteiger partial charge in [0.15, 0.2) is 23.3 Å². The summed E-state index contributed by atoms with van der Waals surface area (Å²) in [5.41, 5.74) is -6.42. The maximum absolute atomic E-state index is 14.2. The van der Waals surface area contributed by atoms with Gasteiger partial charge in [-0.3, -0.25) is 0 Å². The van der Waals surface area contributed by atoms with Gasteiger partial charge in [0, 0.05) is 59.8 Å². The molecule has 41 heavy (non-hydrogen) atoms. The lowest BCUT2D eigenvalue weighted by atomic mass is 10.0. The molecule has 0 aliphatic rings. The average molecular weight is 647 g/mol. The number of alkyl halides is 5. The summed E-state index contributed by atoms with van der Waals surface area (Å²) in [6, 6.07) is 5.39. The lowest BCUT2D eigenvalue weighted by molar-refractivity contribution is -0.178. The van der Waals surface area contributed by atoms with Crippen LogP contribution >= 0.6 is 0 Å². The van der Waals surface area contributed by atoms with Crippen LogP contribution in [0.3, 0.4) is 0 Å². The summed E-state index contributed by atoms with van der Waals surface area (Å²) < 4.78 is 164. The van der Waals surface area contributed by atoms with Gasteiger partial charge < -0.3 is 26.6 Å². The first-order valence-corrected chi connectivity index (χ1v) is 14.9. The van der Waals surface area contributed by atoms with E-state index >= 15 is 0 Å². The third-order valence-corrected chi connectivity index (χ3v) is 11.3. The highest BCUT2D eigenvalue weighted by atomic mass is 28.4. The molecule has 0 heterocycles. The molecule has 1 atom stereocenters. The molecule has 0 N–H and O–H groups in total. The minimum Gasteiger partial charge on any atom is -0.377 e. The molecule has 0 radical (unpaired) electrons. The van der Waals surface area contributed by atoms with E-state index in [1.165, 1.54) is 39.5 Å². The molecule has 0 saturated heterocycles. The van der Waals surface area contributed by atoms with Gasteiger partial charge in [0.2, 0.25) is 12.0 Å². The lowest BCUT2D eigenvalue weighted by Gasteiger charge is -2.36. The topological polar surface area (TPSA) is 55.4 Å². The maximum atomic E-state index is 14.2. The highest BCUT2D eigenvalue weighted by Gasteiger charge is 2.73. The van der Waals surface area contributed by atoms with E-state index in [-0.39, 0.29) is 6.04 Å². The molecule has 2 aromatic carbocycles. The second kappa shape index (κ2) is 14.9. The molecule has 0 aromatic heterocycles. The largest absolute Gasteiger partial charge is 0.577 e. The SMILES string of the molecule is CO[Si](CCc1c(F)c(F)c(F)c(F)c1F)(OC)OC.CO[Si](OC)(OC)C(F)(F)C(F)C(F)(F)c1ccccc1. The number of hydrogen-bond donors (Lipinski definition) is 0. The van der Waals surface area contributed by atoms with Crippen LogP contribution in [0.15, 0.2) is 30.3 Å². The zero-order chi connectivity index (χ0) is 31.8. The third-order valence-electron chi connectivity index (χ3n) is 5.92. The van der Waals surface area contributed by atoms with Crippen LogP contribution in [0.5, 0.6) is 0 Å². The van der Waals surface area contributed by atoms with Crippen molar-refractivity contribution in [3.63, 3.8) is 0 Å². The van der Waals surface area contributed by atoms with Crippen molar-refractivity contribution in [1.29, 1.82) is 0 Å². The molecule has 0 amide bonds. The summed E-state index contributed by atoms with van der Waals surface area (Å²) in [6.45, 7) is 0. The van der Waals surface area contributed by atoms with Crippen LogP contribution in [-0.4, -0.2) is 72.0 Å². The van der Waals surface area contributed by atoms with Crippen molar-refractivity contribution >= 4 is 17.6 Å². The highest BCUT2D eigenvalue weighted by Crippen LogP contribution is 2.45. The first-order valence-electron chi connectivity index (χ1n) is 11.3. The summed E-state index contributed by atoms with van der Waals surface area (Å²) in [5.74, 6) is -14.3. The molecule has 0 aliphatic heterocycles. The Balaban J connectivity index is 0.000000410. The zero-order valence-electron chi connectivity index (χ0n) is 22.6. The first-order chi connectivity index (χ1) is 19.0. The van der Waals surface area contributed by atoms with E-state index in [4.69, 9.17) is 13.3 Å². The molecule has 2 aromatic rings. The summed E-state index contributed by atoms with van der Waals surface area (Å²) in [7, 11) is -1.90. The fraction of sp³-hybridized carbons (Fsp3) is 0.478. The van der Waals surface area contributed by atoms with Gasteiger partial charge in [-0.1, -0.05) is 30.3 Å². The molecule has 0 bridgehead atoms. The Labute approximate surface area is 231 Å². The van der Waals surface area contributed by atoms with E-state index in [0.717, 1.165) is 33.5 Å². The summed E-state index contributed by atoms with van der Waals surface area (Å²) >= 11 is 0. The van der Waals surface area contributed by atoms with Crippen molar-refractivity contribution in [3.8, 4) is 0 Å². The van der Waals surface area contributed by atoms with Crippen molar-refractivity contribution in [3.05, 3.63) is 70.5 Å². The van der Waals surface area contributed by atoms with Crippen LogP contribution < -0.4 is 0 Å². The van der Waals surface area contributed by atoms with Crippen LogP contribution in [0.1, 0.15) is 11.1 Å². The minimum absolute atomic E-state index is 0.130. The molecule has 0 saturated carbocycles. The fourth-order valence-corrected chi connectivity index (χ4v) is 7.03. The monoisotopic (exact) mass is 646 g/mol. The lowest BCUT2D eigenvalue weighted by Crippen LogP contribution is -2.66. The Kier molecular flexibility index (Phi) is 13.4. The Morgan fingerprint density at radius 3 is 1.39 bits per heavy atom. The molecular formula is C23H28F10O6Si2. The fourth-order valence-electron chi connectivity index (χ4n) is 3.55. The Hall–Kier alpha value is -2.07. The molecule has 18 heteroatoms. The van der Waals surface area contributed by atoms with Crippen molar-refractivity contribution in [1.82, 2.24) is 0 Å². The van der Waals surface area contributed by atoms with E-state index in [1.807, 2.05) is 0 Å². The molecule has 2 rings (SSSR count). The van der Waals surface area contributed by atoms with E-state index < -0.39 is 81.9 Å². The average Bonchev–Trinajstić information content (AvgIpc) is 2.98. The third kappa shape index (κ3) is 7.48. The van der Waals surface area contributed by atoms with E-state index in [2.05, 4.69) is 13.3 Å². The quantitative estimate of drug-likeness (QED) is 0.116. The van der Waals surface area contributed by atoms with Crippen LogP contribution in [0.4, 0.5) is 43.9 Å². The van der Waals surface area contributed by atoms with Crippen LogP contribution in [0.2, 0.25) is 6.04 Å². The molecule has 1 unspecified atom stereocenters. The van der Waals surface area contributed by atoms with Gasteiger partial charge in [0.1, 0.15) is 0 Å². The Bertz CT molecular complexity index is 1080. The predicted molar refractivity (Wildman–Crippen MR) is 128 cm³/mol. The van der Waals surface area contributed by atoms with Gasteiger partial charge in [-0.25, -0.2) is 26.3 Å². The first kappa shape index (κ1) is 37.0. The number of rotatable bonds is 13. The van der Waals surface area contributed by atoms with Crippen LogP contribution in [-0.2, 0) is 38.9 Å². The standard InChI is InChI=1S/C12H15F5O3Si.C11H13F5O3Si/c1-18-21(19-2,20-3)12(16,17)10(13)11(14,15)9-7-5-4-6-8-9;1-17-20(18-2,19-3)5-4-6-7(12)9(14)11(16)10(15)8(6)13/h4-8,10H,1-3H3;4-5H2,1-3H3. The Morgan fingerprint density at radius 2 is 1.02 bits per heavy atom. The van der Waals surface area contributed by atoms with E-state index in [0.29, 0.717) is 0 Å². The maximum Gasteiger partial charge on any atom is 0.577 e. The van der Waals surface area contributed by atoms with Gasteiger partial charge in [0.05, 0.1) is 0 Å². The van der Waals surface area contributed by atoms with E-state index in [1.54, 1.807) is 0 Å². The number of benzene rings is 2. The van der Waals surface area contributed by atoms with Gasteiger partial charge in [-0.15, -0.1) is 0 Å². The van der Waals surface area contributed by atoms with Crippen LogP contribution in [0, 0.1) is 29.1 Å². The predicted octanol–water partition coefficient (Wildman–Crippen LogP) is 5.97. The molecule has 234 valence electrons. The Morgan fingerprint density at radius 1 is 0.634 bits per heavy atom. The number of hydrogen-bond acceptors (Lipinski definition) is 6. The van der Waals surface area contributed by atoms with Gasteiger partial charge in [-0.05, 0) is 6.42 Å². The highest BCUT2D eigenvalue weighted by molar-refractivity contribution is 6.63. The second-order valence-electron chi connectivity index (χ2n) is 7.99. The molecule has 0 fully saturated rings. The molecule has 0 aliphatic carbocycles. The molecule has 0 spiro atoms. The van der Waals surface area contributed by atoms with Crippen LogP contribution in [0.25, 0.3) is 0 Å². The van der Waals surface area contributed by atoms with Crippen molar-refractivity contribution in [2.75, 3.05) is 42.7 Å². The number of halogens is 10. The second-order valence-corrected chi connectivity index (χ2v) is 14.1. The van der Waals surface area contributed by atoms with Crippen molar-refractivity contribution in [2.24, 2.45) is 0 Å². The molecule has 6 nitrogen and oxygen atoms in total. The summed E-state index contributed by atoms with van der Waals surface area (Å²) in [4.78, 5) is 0. The van der Waals surface area contributed by atoms with Gasteiger partial charge in [-0.2, -0.15) is 17.6 Å². The zero-order valence-corrected chi connectivity index (χ0v) is 24.6. The van der Waals surface area contributed by atoms with E-state index in [9.17, 15) is 43.9 Å². The molecular weight excluding hydrogens is 618 g/mol. The van der Waals surface area contributed by atoms with Crippen molar-refractivity contribution < 1.29 is 70.5 Å². The smallest absolute Gasteiger partial charge is 0.377 e. The summed E-state index contributed by atoms with van der Waals surface area (Å²) in [5, 5.41) is 0. The summed E-state index contributed by atoms with van der Waals surface area (Å²) in [6.07, 6.45) is -4.33.